The summed E-state index contributed by atoms with van der Waals surface area (Å²) >= 11 is 1.94. The van der Waals surface area contributed by atoms with Crippen molar-refractivity contribution in [2.75, 3.05) is 6.54 Å². The van der Waals surface area contributed by atoms with Crippen molar-refractivity contribution in [3.8, 4) is 11.3 Å². The Balaban J connectivity index is 1.83. The van der Waals surface area contributed by atoms with Crippen molar-refractivity contribution >= 4 is 11.3 Å². The summed E-state index contributed by atoms with van der Waals surface area (Å²) in [7, 11) is 0. The van der Waals surface area contributed by atoms with Crippen LogP contribution in [0.2, 0.25) is 0 Å². The van der Waals surface area contributed by atoms with Gasteiger partial charge in [0, 0.05) is 28.9 Å². The molecule has 1 fully saturated rings. The fraction of sp³-hybridized carbons (Fsp3) is 0.500. The molecule has 1 aromatic heterocycles. The van der Waals surface area contributed by atoms with Crippen molar-refractivity contribution in [3.05, 3.63) is 40.2 Å². The van der Waals surface area contributed by atoms with E-state index in [9.17, 15) is 0 Å². The molecule has 1 saturated carbocycles. The molecule has 0 unspecified atom stereocenters. The molecule has 2 nitrogen and oxygen atoms in total. The number of hydrogen-bond acceptors (Lipinski definition) is 3. The lowest BCUT2D eigenvalue weighted by molar-refractivity contribution is 0.418. The van der Waals surface area contributed by atoms with Gasteiger partial charge in [-0.05, 0) is 19.3 Å². The second-order valence-electron chi connectivity index (χ2n) is 6.18. The molecule has 3 heteroatoms. The Morgan fingerprint density at radius 1 is 1.24 bits per heavy atom. The van der Waals surface area contributed by atoms with Crippen LogP contribution < -0.4 is 5.32 Å². The summed E-state index contributed by atoms with van der Waals surface area (Å²) in [5.74, 6) is 0.726. The van der Waals surface area contributed by atoms with E-state index in [1.54, 1.807) is 0 Å². The van der Waals surface area contributed by atoms with Crippen LogP contribution >= 0.6 is 11.3 Å². The summed E-state index contributed by atoms with van der Waals surface area (Å²) in [5.41, 5.74) is 2.48. The van der Waals surface area contributed by atoms with E-state index < -0.39 is 0 Å². The van der Waals surface area contributed by atoms with Crippen LogP contribution in [0.25, 0.3) is 11.3 Å². The number of thiazole rings is 1. The predicted octanol–water partition coefficient (Wildman–Crippen LogP) is 4.62. The summed E-state index contributed by atoms with van der Waals surface area (Å²) in [5, 5.41) is 4.88. The normalized spacial score (nSPS) is 15.4. The van der Waals surface area contributed by atoms with E-state index in [0.717, 1.165) is 18.9 Å². The van der Waals surface area contributed by atoms with Gasteiger partial charge in [-0.15, -0.1) is 11.3 Å². The third kappa shape index (κ3) is 3.53. The molecule has 0 saturated heterocycles. The maximum atomic E-state index is 4.99. The fourth-order valence-electron chi connectivity index (χ4n) is 2.67. The molecule has 0 amide bonds. The quantitative estimate of drug-likeness (QED) is 0.842. The molecule has 1 N–H and O–H groups in total. The van der Waals surface area contributed by atoms with Gasteiger partial charge < -0.3 is 5.32 Å². The Morgan fingerprint density at radius 2 is 2.00 bits per heavy atom. The maximum absolute atomic E-state index is 4.99. The second-order valence-corrected chi connectivity index (χ2v) is 7.29. The molecule has 1 heterocycles. The first-order valence-electron chi connectivity index (χ1n) is 8.02. The fourth-order valence-corrected chi connectivity index (χ4v) is 3.92. The molecule has 0 radical (unpaired) electrons. The van der Waals surface area contributed by atoms with E-state index in [1.807, 2.05) is 11.3 Å². The average Bonchev–Trinajstić information content (AvgIpc) is 2.81. The average molecular weight is 300 g/mol. The van der Waals surface area contributed by atoms with Crippen LogP contribution in [0, 0.1) is 0 Å². The maximum Gasteiger partial charge on any atom is 0.0966 e. The van der Waals surface area contributed by atoms with Gasteiger partial charge in [0.25, 0.3) is 0 Å². The van der Waals surface area contributed by atoms with Gasteiger partial charge in [0.15, 0.2) is 0 Å². The summed E-state index contributed by atoms with van der Waals surface area (Å²) < 4.78 is 0. The van der Waals surface area contributed by atoms with Crippen molar-refractivity contribution < 1.29 is 0 Å². The lowest BCUT2D eigenvalue weighted by Gasteiger charge is -2.22. The molecule has 1 aliphatic rings. The van der Waals surface area contributed by atoms with Gasteiger partial charge >= 0.3 is 0 Å². The van der Waals surface area contributed by atoms with Gasteiger partial charge in [0.1, 0.15) is 0 Å². The molecule has 2 aromatic rings. The zero-order chi connectivity index (χ0) is 14.7. The third-order valence-electron chi connectivity index (χ3n) is 4.12. The summed E-state index contributed by atoms with van der Waals surface area (Å²) in [6, 6.07) is 11.2. The number of aromatic nitrogens is 1. The van der Waals surface area contributed by atoms with Crippen molar-refractivity contribution in [2.45, 2.75) is 51.5 Å². The summed E-state index contributed by atoms with van der Waals surface area (Å²) in [4.78, 5) is 6.43. The van der Waals surface area contributed by atoms with Crippen molar-refractivity contribution in [3.63, 3.8) is 0 Å². The molecule has 0 atom stereocenters. The van der Waals surface area contributed by atoms with Crippen LogP contribution in [0.15, 0.2) is 30.3 Å². The number of nitrogens with zero attached hydrogens (tertiary/aromatic N) is 1. The minimum atomic E-state index is 0.546. The Kier molecular flexibility index (Phi) is 4.71. The molecule has 1 aliphatic carbocycles. The first-order chi connectivity index (χ1) is 10.2. The molecule has 0 aliphatic heterocycles. The first-order valence-corrected chi connectivity index (χ1v) is 8.84. The van der Waals surface area contributed by atoms with Gasteiger partial charge in [-0.25, -0.2) is 4.98 Å². The van der Waals surface area contributed by atoms with Crippen molar-refractivity contribution in [2.24, 2.45) is 0 Å². The Morgan fingerprint density at radius 3 is 2.62 bits per heavy atom. The highest BCUT2D eigenvalue weighted by Crippen LogP contribution is 2.41. The van der Waals surface area contributed by atoms with Crippen LogP contribution in [0.4, 0.5) is 0 Å². The zero-order valence-electron chi connectivity index (χ0n) is 12.9. The largest absolute Gasteiger partial charge is 0.314 e. The highest BCUT2D eigenvalue weighted by Gasteiger charge is 2.24. The molecule has 3 rings (SSSR count). The molecular formula is C18H24N2S. The van der Waals surface area contributed by atoms with Crippen LogP contribution in [0.5, 0.6) is 0 Å². The first kappa shape index (κ1) is 14.7. The lowest BCUT2D eigenvalue weighted by Crippen LogP contribution is -2.24. The highest BCUT2D eigenvalue weighted by molar-refractivity contribution is 7.12. The topological polar surface area (TPSA) is 24.9 Å². The molecule has 0 bridgehead atoms. The minimum absolute atomic E-state index is 0.546. The smallest absolute Gasteiger partial charge is 0.0966 e. The van der Waals surface area contributed by atoms with E-state index in [0.29, 0.717) is 6.04 Å². The summed E-state index contributed by atoms with van der Waals surface area (Å²) in [6.45, 7) is 5.43. The molecule has 0 spiro atoms. The van der Waals surface area contributed by atoms with Crippen LogP contribution in [0.3, 0.4) is 0 Å². The Bertz CT molecular complexity index is 570. The van der Waals surface area contributed by atoms with E-state index in [2.05, 4.69) is 49.5 Å². The molecule has 1 aromatic carbocycles. The number of benzene rings is 1. The van der Waals surface area contributed by atoms with E-state index >= 15 is 0 Å². The van der Waals surface area contributed by atoms with Crippen molar-refractivity contribution in [1.82, 2.24) is 10.3 Å². The van der Waals surface area contributed by atoms with Crippen LogP contribution in [-0.4, -0.2) is 17.6 Å². The SMILES string of the molecule is CC(C)NCCc1sc(C2CCC2)nc1-c1ccccc1. The second kappa shape index (κ2) is 6.71. The van der Waals surface area contributed by atoms with E-state index in [1.165, 1.54) is 40.4 Å². The summed E-state index contributed by atoms with van der Waals surface area (Å²) in [6.07, 6.45) is 5.10. The van der Waals surface area contributed by atoms with Crippen LogP contribution in [0.1, 0.15) is 48.9 Å². The molecule has 21 heavy (non-hydrogen) atoms. The standard InChI is InChI=1S/C18H24N2S/c1-13(2)19-12-11-16-17(14-7-4-3-5-8-14)20-18(21-16)15-9-6-10-15/h3-5,7-8,13,15,19H,6,9-12H2,1-2H3. The predicted molar refractivity (Wildman–Crippen MR) is 91.0 cm³/mol. The Labute approximate surface area is 131 Å². The van der Waals surface area contributed by atoms with E-state index in [-0.39, 0.29) is 0 Å². The number of nitrogens with one attached hydrogen (secondary N) is 1. The number of hydrogen-bond donors (Lipinski definition) is 1. The van der Waals surface area contributed by atoms with Crippen LogP contribution in [-0.2, 0) is 6.42 Å². The van der Waals surface area contributed by atoms with Gasteiger partial charge in [0.2, 0.25) is 0 Å². The minimum Gasteiger partial charge on any atom is -0.314 e. The third-order valence-corrected chi connectivity index (χ3v) is 5.40. The van der Waals surface area contributed by atoms with Gasteiger partial charge in [0.05, 0.1) is 10.7 Å². The zero-order valence-corrected chi connectivity index (χ0v) is 13.7. The van der Waals surface area contributed by atoms with E-state index in [4.69, 9.17) is 4.98 Å². The van der Waals surface area contributed by atoms with Crippen molar-refractivity contribution in [1.29, 1.82) is 0 Å². The highest BCUT2D eigenvalue weighted by atomic mass is 32.1. The molecular weight excluding hydrogens is 276 g/mol. The van der Waals surface area contributed by atoms with Gasteiger partial charge in [-0.1, -0.05) is 50.6 Å². The van der Waals surface area contributed by atoms with Gasteiger partial charge in [-0.2, -0.15) is 0 Å². The lowest BCUT2D eigenvalue weighted by atomic mass is 9.86. The number of rotatable bonds is 6. The molecule has 112 valence electrons. The monoisotopic (exact) mass is 300 g/mol. The van der Waals surface area contributed by atoms with Gasteiger partial charge in [-0.3, -0.25) is 0 Å². The Hall–Kier alpha value is -1.19.